The molecule has 200 valence electrons. The lowest BCUT2D eigenvalue weighted by Gasteiger charge is -2.26. The van der Waals surface area contributed by atoms with Crippen molar-refractivity contribution >= 4 is 17.5 Å². The molecule has 1 atom stereocenters. The number of nitrogens with one attached hydrogen (secondary N) is 1. The van der Waals surface area contributed by atoms with Gasteiger partial charge < -0.3 is 10.1 Å². The van der Waals surface area contributed by atoms with Crippen molar-refractivity contribution in [3.8, 4) is 11.4 Å². The molecule has 1 saturated carbocycles. The van der Waals surface area contributed by atoms with E-state index < -0.39 is 23.7 Å². The van der Waals surface area contributed by atoms with Crippen LogP contribution in [0.5, 0.6) is 5.75 Å². The number of aryl methyl sites for hydroxylation is 1. The van der Waals surface area contributed by atoms with Gasteiger partial charge >= 0.3 is 17.7 Å². The molecule has 0 unspecified atom stereocenters. The Morgan fingerprint density at radius 2 is 1.89 bits per heavy atom. The Balaban J connectivity index is 0.00000145. The average molecular weight is 530 g/mol. The van der Waals surface area contributed by atoms with Gasteiger partial charge in [0.1, 0.15) is 17.3 Å². The molecule has 1 fully saturated rings. The maximum atomic E-state index is 13.0. The fraction of sp³-hybridized carbons (Fsp3) is 0.600. The summed E-state index contributed by atoms with van der Waals surface area (Å²) in [5.41, 5.74) is 1.51. The summed E-state index contributed by atoms with van der Waals surface area (Å²) in [6, 6.07) is 5.02. The Bertz CT molecular complexity index is 1040. The summed E-state index contributed by atoms with van der Waals surface area (Å²) >= 11 is -0.750. The standard InChI is InChI=1S/C25H34F3N3O2.O2S/c1-5-23-30-20(24(32)29-14-18-8-6-16(2)7-9-18)15-31(23)21-11-10-19(13-22(21)33-4)12-17(3)25(26,27)28;1-3-2/h10-11,13,15-18H,5-9,12,14H2,1-4H3,(H,29,32);/t16?,17-,18?;/m0./s1. The highest BCUT2D eigenvalue weighted by Gasteiger charge is 2.35. The van der Waals surface area contributed by atoms with Gasteiger partial charge in [0.05, 0.1) is 18.7 Å². The Kier molecular flexibility index (Phi) is 11.1. The van der Waals surface area contributed by atoms with Gasteiger partial charge in [0.15, 0.2) is 0 Å². The van der Waals surface area contributed by atoms with E-state index in [0.29, 0.717) is 47.4 Å². The van der Waals surface area contributed by atoms with Crippen molar-refractivity contribution in [2.45, 2.75) is 65.5 Å². The van der Waals surface area contributed by atoms with Crippen LogP contribution in [-0.4, -0.2) is 43.7 Å². The van der Waals surface area contributed by atoms with Crippen LogP contribution in [-0.2, 0) is 24.4 Å². The zero-order valence-electron chi connectivity index (χ0n) is 21.1. The molecular formula is C25H34F3N3O4S. The second kappa shape index (κ2) is 13.6. The molecule has 11 heteroatoms. The average Bonchev–Trinajstić information content (AvgIpc) is 3.27. The lowest BCUT2D eigenvalue weighted by molar-refractivity contribution is -0.169. The van der Waals surface area contributed by atoms with Gasteiger partial charge in [0.2, 0.25) is 0 Å². The molecule has 3 rings (SSSR count). The van der Waals surface area contributed by atoms with Gasteiger partial charge in [-0.2, -0.15) is 21.6 Å². The minimum atomic E-state index is -4.25. The van der Waals surface area contributed by atoms with E-state index in [1.165, 1.54) is 26.9 Å². The number of rotatable bonds is 8. The predicted molar refractivity (Wildman–Crippen MR) is 131 cm³/mol. The van der Waals surface area contributed by atoms with Crippen molar-refractivity contribution in [3.05, 3.63) is 41.5 Å². The molecule has 0 saturated heterocycles. The SMILES string of the molecule is CCc1nc(C(=O)NCC2CCC(C)CC2)cn1-c1ccc(C[C@H](C)C(F)(F)F)cc1OC.O=S=O. The molecule has 1 amide bonds. The number of carbonyl (C=O) groups is 1. The Morgan fingerprint density at radius 3 is 2.44 bits per heavy atom. The first-order chi connectivity index (χ1) is 17.0. The summed E-state index contributed by atoms with van der Waals surface area (Å²) in [6.07, 6.45) is 2.55. The van der Waals surface area contributed by atoms with Crippen LogP contribution in [0.3, 0.4) is 0 Å². The summed E-state index contributed by atoms with van der Waals surface area (Å²) in [7, 11) is 1.48. The predicted octanol–water partition coefficient (Wildman–Crippen LogP) is 5.07. The van der Waals surface area contributed by atoms with E-state index in [9.17, 15) is 18.0 Å². The molecule has 36 heavy (non-hydrogen) atoms. The summed E-state index contributed by atoms with van der Waals surface area (Å²) < 4.78 is 62.7. The molecule has 1 aliphatic carbocycles. The minimum absolute atomic E-state index is 0.127. The number of halogens is 3. The van der Waals surface area contributed by atoms with Crippen molar-refractivity contribution in [2.24, 2.45) is 17.8 Å². The van der Waals surface area contributed by atoms with E-state index in [4.69, 9.17) is 13.2 Å². The second-order valence-corrected chi connectivity index (χ2v) is 9.46. The molecule has 0 aliphatic heterocycles. The van der Waals surface area contributed by atoms with Gasteiger partial charge in [-0.25, -0.2) is 4.98 Å². The lowest BCUT2D eigenvalue weighted by Crippen LogP contribution is -2.31. The lowest BCUT2D eigenvalue weighted by atomic mass is 9.83. The number of benzene rings is 1. The topological polar surface area (TPSA) is 90.3 Å². The molecule has 7 nitrogen and oxygen atoms in total. The first-order valence-electron chi connectivity index (χ1n) is 12.1. The third-order valence-corrected chi connectivity index (χ3v) is 6.62. The number of aromatic nitrogens is 2. The highest BCUT2D eigenvalue weighted by Crippen LogP contribution is 2.32. The van der Waals surface area contributed by atoms with E-state index in [1.807, 2.05) is 6.92 Å². The number of carbonyl (C=O) groups excluding carboxylic acids is 1. The first kappa shape index (κ1) is 29.5. The minimum Gasteiger partial charge on any atom is -0.495 e. The molecule has 2 aromatic rings. The van der Waals surface area contributed by atoms with Gasteiger partial charge in [0.25, 0.3) is 5.91 Å². The van der Waals surface area contributed by atoms with Crippen molar-refractivity contribution in [1.82, 2.24) is 14.9 Å². The third kappa shape index (κ3) is 8.18. The Morgan fingerprint density at radius 1 is 1.25 bits per heavy atom. The molecule has 1 heterocycles. The highest BCUT2D eigenvalue weighted by atomic mass is 32.1. The molecule has 1 N–H and O–H groups in total. The number of ether oxygens (including phenoxy) is 1. The zero-order valence-corrected chi connectivity index (χ0v) is 21.9. The molecule has 0 radical (unpaired) electrons. The molecular weight excluding hydrogens is 495 g/mol. The summed E-state index contributed by atoms with van der Waals surface area (Å²) in [5, 5.41) is 3.02. The number of hydrogen-bond acceptors (Lipinski definition) is 5. The van der Waals surface area contributed by atoms with E-state index in [0.717, 1.165) is 18.8 Å². The number of hydrogen-bond donors (Lipinski definition) is 1. The molecule has 1 aromatic carbocycles. The summed E-state index contributed by atoms with van der Waals surface area (Å²) in [4.78, 5) is 17.3. The monoisotopic (exact) mass is 529 g/mol. The number of amides is 1. The Hall–Kier alpha value is -2.69. The quantitative estimate of drug-likeness (QED) is 0.516. The van der Waals surface area contributed by atoms with Crippen molar-refractivity contribution in [1.29, 1.82) is 0 Å². The highest BCUT2D eigenvalue weighted by molar-refractivity contribution is 7.51. The van der Waals surface area contributed by atoms with E-state index >= 15 is 0 Å². The van der Waals surface area contributed by atoms with Crippen molar-refractivity contribution < 1.29 is 31.1 Å². The maximum Gasteiger partial charge on any atom is 0.391 e. The largest absolute Gasteiger partial charge is 0.495 e. The molecule has 0 bridgehead atoms. The summed E-state index contributed by atoms with van der Waals surface area (Å²) in [6.45, 7) is 6.03. The van der Waals surface area contributed by atoms with Crippen LogP contribution in [0.15, 0.2) is 24.4 Å². The fourth-order valence-electron chi connectivity index (χ4n) is 4.36. The fourth-order valence-corrected chi connectivity index (χ4v) is 4.36. The van der Waals surface area contributed by atoms with Crippen LogP contribution >= 0.6 is 0 Å². The normalized spacial score (nSPS) is 18.5. The second-order valence-electron chi connectivity index (χ2n) is 9.32. The van der Waals surface area contributed by atoms with Gasteiger partial charge in [-0.3, -0.25) is 9.36 Å². The van der Waals surface area contributed by atoms with E-state index in [-0.39, 0.29) is 12.3 Å². The van der Waals surface area contributed by atoms with Gasteiger partial charge in [0, 0.05) is 19.2 Å². The number of nitrogens with zero attached hydrogens (tertiary/aromatic N) is 2. The van der Waals surface area contributed by atoms with Crippen LogP contribution in [0.1, 0.15) is 68.3 Å². The molecule has 0 spiro atoms. The molecule has 1 aliphatic rings. The van der Waals surface area contributed by atoms with Crippen LogP contribution in [0.4, 0.5) is 13.2 Å². The smallest absolute Gasteiger partial charge is 0.391 e. The van der Waals surface area contributed by atoms with Crippen LogP contribution in [0.2, 0.25) is 0 Å². The van der Waals surface area contributed by atoms with Crippen molar-refractivity contribution in [2.75, 3.05) is 13.7 Å². The summed E-state index contributed by atoms with van der Waals surface area (Å²) in [5.74, 6) is 0.730. The van der Waals surface area contributed by atoms with Crippen LogP contribution < -0.4 is 10.1 Å². The van der Waals surface area contributed by atoms with E-state index in [1.54, 1.807) is 29.0 Å². The number of methoxy groups -OCH3 is 1. The number of alkyl halides is 3. The number of imidazole rings is 1. The van der Waals surface area contributed by atoms with Gasteiger partial charge in [-0.15, -0.1) is 0 Å². The third-order valence-electron chi connectivity index (χ3n) is 6.62. The molecule has 1 aromatic heterocycles. The van der Waals surface area contributed by atoms with Crippen LogP contribution in [0.25, 0.3) is 5.69 Å². The van der Waals surface area contributed by atoms with Gasteiger partial charge in [-0.1, -0.05) is 39.7 Å². The van der Waals surface area contributed by atoms with E-state index in [2.05, 4.69) is 17.2 Å². The maximum absolute atomic E-state index is 13.0. The zero-order chi connectivity index (χ0) is 26.9. The van der Waals surface area contributed by atoms with Crippen molar-refractivity contribution in [3.63, 3.8) is 0 Å². The van der Waals surface area contributed by atoms with Crippen LogP contribution in [0, 0.1) is 17.8 Å². The van der Waals surface area contributed by atoms with Gasteiger partial charge in [-0.05, 0) is 48.8 Å². The first-order valence-corrected chi connectivity index (χ1v) is 12.7. The Labute approximate surface area is 213 Å².